The number of hydrogen-bond donors (Lipinski definition) is 3. The van der Waals surface area contributed by atoms with Gasteiger partial charge in [0.05, 0.1) is 34.1 Å². The van der Waals surface area contributed by atoms with Gasteiger partial charge in [-0.05, 0) is 66.6 Å². The number of aliphatic hydroxyl groups excluding tert-OH is 1. The third-order valence-corrected chi connectivity index (χ3v) is 6.49. The van der Waals surface area contributed by atoms with Crippen LogP contribution in [0.4, 0.5) is 5.13 Å². The van der Waals surface area contributed by atoms with Crippen LogP contribution in [-0.4, -0.2) is 31.2 Å². The molecule has 0 aliphatic carbocycles. The quantitative estimate of drug-likeness (QED) is 0.314. The van der Waals surface area contributed by atoms with Crippen LogP contribution < -0.4 is 5.32 Å². The first-order valence-corrected chi connectivity index (χ1v) is 11.5. The van der Waals surface area contributed by atoms with Crippen molar-refractivity contribution in [2.24, 2.45) is 0 Å². The number of aliphatic hydroxyl groups is 1. The van der Waals surface area contributed by atoms with Crippen molar-refractivity contribution in [2.45, 2.75) is 13.5 Å². The molecule has 0 saturated carbocycles. The van der Waals surface area contributed by atoms with Gasteiger partial charge in [0.25, 0.3) is 5.91 Å². The van der Waals surface area contributed by atoms with Crippen molar-refractivity contribution in [3.05, 3.63) is 95.1 Å². The van der Waals surface area contributed by atoms with Crippen molar-refractivity contribution in [3.63, 3.8) is 0 Å². The number of benzene rings is 2. The molecule has 3 aromatic heterocycles. The molecule has 0 atom stereocenters. The third kappa shape index (κ3) is 4.50. The van der Waals surface area contributed by atoms with Crippen LogP contribution in [-0.2, 0) is 6.61 Å². The Bertz CT molecular complexity index is 1490. The van der Waals surface area contributed by atoms with Gasteiger partial charge in [-0.1, -0.05) is 35.6 Å². The summed E-state index contributed by atoms with van der Waals surface area (Å²) < 4.78 is 0. The van der Waals surface area contributed by atoms with Crippen LogP contribution >= 0.6 is 11.3 Å². The summed E-state index contributed by atoms with van der Waals surface area (Å²) in [6.45, 7) is 1.87. The van der Waals surface area contributed by atoms with Gasteiger partial charge < -0.3 is 5.11 Å². The Hall–Kier alpha value is -4.14. The van der Waals surface area contributed by atoms with Crippen molar-refractivity contribution < 1.29 is 9.90 Å². The molecule has 8 heteroatoms. The number of rotatable bonds is 6. The Morgan fingerprint density at radius 3 is 2.74 bits per heavy atom. The van der Waals surface area contributed by atoms with Crippen LogP contribution in [0.15, 0.2) is 66.9 Å². The predicted molar refractivity (Wildman–Crippen MR) is 135 cm³/mol. The Labute approximate surface area is 199 Å². The smallest absolute Gasteiger partial charge is 0.257 e. The minimum Gasteiger partial charge on any atom is -0.392 e. The number of anilines is 1. The molecule has 0 bridgehead atoms. The Balaban J connectivity index is 1.36. The van der Waals surface area contributed by atoms with Gasteiger partial charge in [0.2, 0.25) is 0 Å². The van der Waals surface area contributed by atoms with E-state index in [9.17, 15) is 4.79 Å². The van der Waals surface area contributed by atoms with Gasteiger partial charge >= 0.3 is 0 Å². The second kappa shape index (κ2) is 9.38. The fourth-order valence-electron chi connectivity index (χ4n) is 3.60. The second-order valence-electron chi connectivity index (χ2n) is 7.70. The highest BCUT2D eigenvalue weighted by Gasteiger charge is 2.14. The molecule has 2 aromatic carbocycles. The molecule has 0 saturated heterocycles. The van der Waals surface area contributed by atoms with E-state index in [0.717, 1.165) is 44.0 Å². The summed E-state index contributed by atoms with van der Waals surface area (Å²) >= 11 is 1.43. The number of amides is 1. The summed E-state index contributed by atoms with van der Waals surface area (Å²) in [5, 5.41) is 21.1. The zero-order valence-corrected chi connectivity index (χ0v) is 19.1. The maximum absolute atomic E-state index is 12.6. The van der Waals surface area contributed by atoms with Crippen molar-refractivity contribution in [1.82, 2.24) is 20.2 Å². The van der Waals surface area contributed by atoms with Gasteiger partial charge in [0.1, 0.15) is 0 Å². The summed E-state index contributed by atoms with van der Waals surface area (Å²) in [5.74, 6) is -0.238. The fourth-order valence-corrected chi connectivity index (χ4v) is 4.55. The molecular weight excluding hydrogens is 446 g/mol. The monoisotopic (exact) mass is 467 g/mol. The second-order valence-corrected chi connectivity index (χ2v) is 8.70. The number of aromatic amines is 1. The zero-order chi connectivity index (χ0) is 23.5. The van der Waals surface area contributed by atoms with E-state index in [4.69, 9.17) is 5.11 Å². The van der Waals surface area contributed by atoms with E-state index >= 15 is 0 Å². The lowest BCUT2D eigenvalue weighted by atomic mass is 10.1. The Morgan fingerprint density at radius 2 is 1.97 bits per heavy atom. The molecule has 0 radical (unpaired) electrons. The predicted octanol–water partition coefficient (Wildman–Crippen LogP) is 5.30. The number of nitrogens with one attached hydrogen (secondary N) is 2. The van der Waals surface area contributed by atoms with Crippen molar-refractivity contribution in [2.75, 3.05) is 5.32 Å². The Kier molecular flexibility index (Phi) is 5.99. The summed E-state index contributed by atoms with van der Waals surface area (Å²) in [5.41, 5.74) is 5.73. The van der Waals surface area contributed by atoms with Crippen LogP contribution in [0.5, 0.6) is 0 Å². The number of H-pyrrole nitrogens is 1. The molecule has 3 heterocycles. The molecule has 34 heavy (non-hydrogen) atoms. The highest BCUT2D eigenvalue weighted by atomic mass is 32.1. The lowest BCUT2D eigenvalue weighted by Crippen LogP contribution is -2.11. The van der Waals surface area contributed by atoms with Crippen LogP contribution in [0, 0.1) is 6.92 Å². The minimum absolute atomic E-state index is 0.0559. The van der Waals surface area contributed by atoms with Crippen molar-refractivity contribution in [3.8, 4) is 10.4 Å². The van der Waals surface area contributed by atoms with Crippen LogP contribution in [0.25, 0.3) is 33.5 Å². The van der Waals surface area contributed by atoms with Crippen LogP contribution in [0.2, 0.25) is 0 Å². The number of pyridine rings is 1. The molecule has 0 aliphatic rings. The highest BCUT2D eigenvalue weighted by Crippen LogP contribution is 2.34. The first-order valence-electron chi connectivity index (χ1n) is 10.7. The first kappa shape index (κ1) is 21.7. The van der Waals surface area contributed by atoms with E-state index < -0.39 is 0 Å². The van der Waals surface area contributed by atoms with Gasteiger partial charge in [-0.2, -0.15) is 5.10 Å². The molecule has 0 spiro atoms. The van der Waals surface area contributed by atoms with Crippen molar-refractivity contribution >= 4 is 45.4 Å². The topological polar surface area (TPSA) is 104 Å². The normalized spacial score (nSPS) is 11.4. The summed E-state index contributed by atoms with van der Waals surface area (Å²) in [6, 6.07) is 18.7. The van der Waals surface area contributed by atoms with E-state index in [-0.39, 0.29) is 12.5 Å². The van der Waals surface area contributed by atoms with Gasteiger partial charge in [-0.25, -0.2) is 4.98 Å². The number of aromatic nitrogens is 4. The fraction of sp³-hybridized carbons (Fsp3) is 0.0769. The number of fused-ring (bicyclic) bond motifs is 1. The van der Waals surface area contributed by atoms with Gasteiger partial charge in [-0.15, -0.1) is 0 Å². The molecule has 0 fully saturated rings. The molecule has 0 unspecified atom stereocenters. The standard InChI is InChI=1S/C26H21N5O2S/c1-16-24(34-26(28-16)29-25(33)18-7-5-17(15-32)6-8-18)19-9-11-21-22(30-31-23(21)14-19)12-10-20-4-2-3-13-27-20/h2-14,32H,15H2,1H3,(H,30,31)(H,28,29,33)/b12-10+. The maximum atomic E-state index is 12.6. The maximum Gasteiger partial charge on any atom is 0.257 e. The Morgan fingerprint density at radius 1 is 1.12 bits per heavy atom. The van der Waals surface area contributed by atoms with E-state index in [2.05, 4.69) is 25.5 Å². The third-order valence-electron chi connectivity index (χ3n) is 5.37. The largest absolute Gasteiger partial charge is 0.392 e. The molecule has 0 aliphatic heterocycles. The summed E-state index contributed by atoms with van der Waals surface area (Å²) in [7, 11) is 0. The lowest BCUT2D eigenvalue weighted by Gasteiger charge is -2.02. The number of carbonyl (C=O) groups is 1. The van der Waals surface area contributed by atoms with Gasteiger partial charge in [0, 0.05) is 17.1 Å². The number of hydrogen-bond acceptors (Lipinski definition) is 6. The number of nitrogens with zero attached hydrogens (tertiary/aromatic N) is 3. The minimum atomic E-state index is -0.238. The van der Waals surface area contributed by atoms with Gasteiger partial charge in [-0.3, -0.25) is 20.2 Å². The summed E-state index contributed by atoms with van der Waals surface area (Å²) in [4.78, 5) is 22.4. The van der Waals surface area contributed by atoms with E-state index in [1.54, 1.807) is 30.5 Å². The number of aryl methyl sites for hydroxylation is 1. The first-order chi connectivity index (χ1) is 16.6. The van der Waals surface area contributed by atoms with E-state index in [1.165, 1.54) is 11.3 Å². The van der Waals surface area contributed by atoms with Gasteiger partial charge in [0.15, 0.2) is 5.13 Å². The van der Waals surface area contributed by atoms with Crippen molar-refractivity contribution in [1.29, 1.82) is 0 Å². The zero-order valence-electron chi connectivity index (χ0n) is 18.3. The molecule has 5 rings (SSSR count). The molecule has 5 aromatic rings. The molecular formula is C26H21N5O2S. The molecule has 1 amide bonds. The van der Waals surface area contributed by atoms with Crippen LogP contribution in [0.3, 0.4) is 0 Å². The number of carbonyl (C=O) groups excluding carboxylic acids is 1. The summed E-state index contributed by atoms with van der Waals surface area (Å²) in [6.07, 6.45) is 5.64. The SMILES string of the molecule is Cc1nc(NC(=O)c2ccc(CO)cc2)sc1-c1ccc2c(/C=C/c3ccccn3)n[nH]c2c1. The lowest BCUT2D eigenvalue weighted by molar-refractivity contribution is 0.102. The van der Waals surface area contributed by atoms with Crippen LogP contribution in [0.1, 0.15) is 33.0 Å². The van der Waals surface area contributed by atoms with E-state index in [1.807, 2.05) is 55.5 Å². The molecule has 7 nitrogen and oxygen atoms in total. The highest BCUT2D eigenvalue weighted by molar-refractivity contribution is 7.19. The number of thiazole rings is 1. The average Bonchev–Trinajstić information content (AvgIpc) is 3.45. The molecule has 168 valence electrons. The van der Waals surface area contributed by atoms with E-state index in [0.29, 0.717) is 10.7 Å². The molecule has 3 N–H and O–H groups in total. The average molecular weight is 468 g/mol.